The lowest BCUT2D eigenvalue weighted by atomic mass is 10.2. The first-order valence-corrected chi connectivity index (χ1v) is 5.84. The van der Waals surface area contributed by atoms with Crippen molar-refractivity contribution in [1.29, 1.82) is 0 Å². The van der Waals surface area contributed by atoms with E-state index in [1.165, 1.54) is 0 Å². The van der Waals surface area contributed by atoms with E-state index in [0.717, 1.165) is 5.92 Å². The van der Waals surface area contributed by atoms with Gasteiger partial charge in [0.25, 0.3) is 0 Å². The highest BCUT2D eigenvalue weighted by molar-refractivity contribution is 7.89. The minimum absolute atomic E-state index is 0.307. The van der Waals surface area contributed by atoms with Crippen molar-refractivity contribution in [1.82, 2.24) is 4.72 Å². The molecule has 77 valence electrons. The van der Waals surface area contributed by atoms with Crippen molar-refractivity contribution in [2.75, 3.05) is 6.54 Å². The predicted molar refractivity (Wildman–Crippen MR) is 56.2 cm³/mol. The third-order valence-corrected chi connectivity index (χ3v) is 3.09. The molecule has 1 aromatic carbocycles. The molecule has 0 aromatic heterocycles. The largest absolute Gasteiger partial charge is 0.240 e. The molecule has 3 nitrogen and oxygen atoms in total. The van der Waals surface area contributed by atoms with Crippen LogP contribution in [-0.4, -0.2) is 15.0 Å². The average Bonchev–Trinajstić information content (AvgIpc) is 2.16. The summed E-state index contributed by atoms with van der Waals surface area (Å²) in [4.78, 5) is 0.307. The zero-order chi connectivity index (χ0) is 10.6. The Morgan fingerprint density at radius 1 is 1.21 bits per heavy atom. The van der Waals surface area contributed by atoms with E-state index in [1.54, 1.807) is 30.3 Å². The van der Waals surface area contributed by atoms with E-state index in [9.17, 15) is 8.42 Å². The van der Waals surface area contributed by atoms with Crippen molar-refractivity contribution >= 4 is 10.0 Å². The monoisotopic (exact) mass is 212 g/mol. The van der Waals surface area contributed by atoms with Crippen LogP contribution in [0.3, 0.4) is 0 Å². The topological polar surface area (TPSA) is 46.2 Å². The number of hydrogen-bond acceptors (Lipinski definition) is 2. The molecule has 1 rings (SSSR count). The summed E-state index contributed by atoms with van der Waals surface area (Å²) in [5, 5.41) is 0. The first-order valence-electron chi connectivity index (χ1n) is 4.36. The van der Waals surface area contributed by atoms with Gasteiger partial charge in [-0.25, -0.2) is 13.1 Å². The van der Waals surface area contributed by atoms with Gasteiger partial charge in [0.15, 0.2) is 0 Å². The Balaban J connectivity index is 2.77. The Bertz CT molecular complexity index is 370. The molecule has 1 aromatic rings. The van der Waals surface area contributed by atoms with Gasteiger partial charge in [-0.2, -0.15) is 0 Å². The third-order valence-electron chi connectivity index (χ3n) is 1.67. The van der Waals surface area contributed by atoms with Gasteiger partial charge in [-0.05, 0) is 18.1 Å². The van der Waals surface area contributed by atoms with Crippen LogP contribution < -0.4 is 4.72 Å². The fourth-order valence-electron chi connectivity index (χ4n) is 0.922. The van der Waals surface area contributed by atoms with Crippen LogP contribution in [0.1, 0.15) is 13.8 Å². The third kappa shape index (κ3) is 3.12. The van der Waals surface area contributed by atoms with E-state index in [2.05, 4.69) is 4.72 Å². The summed E-state index contributed by atoms with van der Waals surface area (Å²) in [6.07, 6.45) is 0. The first kappa shape index (κ1) is 11.2. The van der Waals surface area contributed by atoms with Crippen LogP contribution in [0.5, 0.6) is 0 Å². The second-order valence-corrected chi connectivity index (χ2v) is 5.11. The van der Waals surface area contributed by atoms with Crippen LogP contribution in [-0.2, 0) is 10.0 Å². The molecule has 4 heteroatoms. The number of benzene rings is 1. The number of hydrogen-bond donors (Lipinski definition) is 1. The highest BCUT2D eigenvalue weighted by Gasteiger charge is 2.12. The molecule has 0 aliphatic rings. The fourth-order valence-corrected chi connectivity index (χ4v) is 2.08. The summed E-state index contributed by atoms with van der Waals surface area (Å²) in [7, 11) is -3.33. The Morgan fingerprint density at radius 2 is 1.79 bits per heavy atom. The number of sulfonamides is 1. The van der Waals surface area contributed by atoms with Gasteiger partial charge >= 0.3 is 0 Å². The van der Waals surface area contributed by atoms with Crippen molar-refractivity contribution in [2.24, 2.45) is 0 Å². The molecule has 0 unspecified atom stereocenters. The molecule has 0 atom stereocenters. The van der Waals surface area contributed by atoms with Gasteiger partial charge < -0.3 is 0 Å². The van der Waals surface area contributed by atoms with E-state index < -0.39 is 10.0 Å². The molecule has 0 amide bonds. The Morgan fingerprint density at radius 3 is 2.29 bits per heavy atom. The molecular formula is C10H14NO2S. The molecule has 0 aliphatic carbocycles. The predicted octanol–water partition coefficient (Wildman–Crippen LogP) is 1.58. The van der Waals surface area contributed by atoms with Gasteiger partial charge in [0.2, 0.25) is 10.0 Å². The van der Waals surface area contributed by atoms with Gasteiger partial charge in [-0.1, -0.05) is 32.0 Å². The smallest absolute Gasteiger partial charge is 0.211 e. The highest BCUT2D eigenvalue weighted by atomic mass is 32.2. The van der Waals surface area contributed by atoms with Crippen LogP contribution in [0.2, 0.25) is 0 Å². The van der Waals surface area contributed by atoms with Crippen molar-refractivity contribution in [3.05, 3.63) is 36.2 Å². The summed E-state index contributed by atoms with van der Waals surface area (Å²) < 4.78 is 25.7. The van der Waals surface area contributed by atoms with Crippen LogP contribution >= 0.6 is 0 Å². The molecule has 0 saturated carbocycles. The van der Waals surface area contributed by atoms with E-state index in [-0.39, 0.29) is 0 Å². The van der Waals surface area contributed by atoms with Crippen LogP contribution in [0.15, 0.2) is 35.2 Å². The molecule has 1 radical (unpaired) electrons. The summed E-state index contributed by atoms with van der Waals surface area (Å²) >= 11 is 0. The van der Waals surface area contributed by atoms with Crippen molar-refractivity contribution in [2.45, 2.75) is 18.7 Å². The SMILES string of the molecule is C[C](C)CNS(=O)(=O)c1ccccc1. The summed E-state index contributed by atoms with van der Waals surface area (Å²) in [5.74, 6) is 1.03. The quantitative estimate of drug-likeness (QED) is 0.823. The normalized spacial score (nSPS) is 11.9. The summed E-state index contributed by atoms with van der Waals surface area (Å²) in [5.41, 5.74) is 0. The maximum atomic E-state index is 11.6. The molecular weight excluding hydrogens is 198 g/mol. The molecule has 0 bridgehead atoms. The maximum absolute atomic E-state index is 11.6. The summed E-state index contributed by atoms with van der Waals surface area (Å²) in [6.45, 7) is 4.15. The Kier molecular flexibility index (Phi) is 3.66. The highest BCUT2D eigenvalue weighted by Crippen LogP contribution is 2.07. The van der Waals surface area contributed by atoms with Crippen LogP contribution in [0.4, 0.5) is 0 Å². The minimum atomic E-state index is -3.33. The maximum Gasteiger partial charge on any atom is 0.240 e. The number of rotatable bonds is 4. The van der Waals surface area contributed by atoms with E-state index >= 15 is 0 Å². The average molecular weight is 212 g/mol. The molecule has 0 saturated heterocycles. The summed E-state index contributed by atoms with van der Waals surface area (Å²) in [6, 6.07) is 8.35. The lowest BCUT2D eigenvalue weighted by Crippen LogP contribution is -2.26. The van der Waals surface area contributed by atoms with E-state index in [4.69, 9.17) is 0 Å². The lowest BCUT2D eigenvalue weighted by Gasteiger charge is -2.07. The molecule has 0 heterocycles. The van der Waals surface area contributed by atoms with Gasteiger partial charge in [0.05, 0.1) is 4.90 Å². The Labute approximate surface area is 85.2 Å². The molecule has 0 aliphatic heterocycles. The van der Waals surface area contributed by atoms with E-state index in [0.29, 0.717) is 11.4 Å². The zero-order valence-corrected chi connectivity index (χ0v) is 9.14. The number of nitrogens with one attached hydrogen (secondary N) is 1. The zero-order valence-electron chi connectivity index (χ0n) is 8.32. The van der Waals surface area contributed by atoms with Gasteiger partial charge in [0, 0.05) is 6.54 Å². The standard InChI is InChI=1S/C10H14NO2S/c1-9(2)8-11-14(12,13)10-6-4-3-5-7-10/h3-7,11H,8H2,1-2H3. The minimum Gasteiger partial charge on any atom is -0.211 e. The molecule has 0 spiro atoms. The van der Waals surface area contributed by atoms with Crippen LogP contribution in [0.25, 0.3) is 0 Å². The van der Waals surface area contributed by atoms with Gasteiger partial charge in [0.1, 0.15) is 0 Å². The van der Waals surface area contributed by atoms with Crippen molar-refractivity contribution in [3.8, 4) is 0 Å². The fraction of sp³-hybridized carbons (Fsp3) is 0.300. The lowest BCUT2D eigenvalue weighted by molar-refractivity contribution is 0.582. The van der Waals surface area contributed by atoms with E-state index in [1.807, 2.05) is 13.8 Å². The van der Waals surface area contributed by atoms with Gasteiger partial charge in [-0.3, -0.25) is 0 Å². The van der Waals surface area contributed by atoms with Crippen molar-refractivity contribution < 1.29 is 8.42 Å². The first-order chi connectivity index (χ1) is 6.52. The van der Waals surface area contributed by atoms with Crippen molar-refractivity contribution in [3.63, 3.8) is 0 Å². The second-order valence-electron chi connectivity index (χ2n) is 3.34. The van der Waals surface area contributed by atoms with Crippen LogP contribution in [0, 0.1) is 5.92 Å². The molecule has 1 N–H and O–H groups in total. The molecule has 14 heavy (non-hydrogen) atoms. The second kappa shape index (κ2) is 4.57. The van der Waals surface area contributed by atoms with Gasteiger partial charge in [-0.15, -0.1) is 0 Å². The Hall–Kier alpha value is -0.870. The molecule has 0 fully saturated rings.